The Kier molecular flexibility index (Phi) is 8.30. The fourth-order valence-electron chi connectivity index (χ4n) is 2.36. The third-order valence-corrected chi connectivity index (χ3v) is 3.25. The summed E-state index contributed by atoms with van der Waals surface area (Å²) in [5, 5.41) is 2.09. The van der Waals surface area contributed by atoms with Crippen LogP contribution in [0.4, 0.5) is 0 Å². The van der Waals surface area contributed by atoms with Crippen molar-refractivity contribution in [2.75, 3.05) is 6.61 Å². The Bertz CT molecular complexity index is 616. The summed E-state index contributed by atoms with van der Waals surface area (Å²) in [7, 11) is 0. The topological polar surface area (TPSA) is 127 Å². The average molecular weight is 389 g/mol. The van der Waals surface area contributed by atoms with E-state index in [1.165, 1.54) is 6.92 Å². The quantitative estimate of drug-likeness (QED) is 0.268. The third-order valence-electron chi connectivity index (χ3n) is 3.15. The number of thiocarbonyl (C=S) groups is 1. The Balaban J connectivity index is 3.28. The molecular weight excluding hydrogens is 370 g/mol. The molecule has 1 saturated heterocycles. The largest absolute Gasteiger partial charge is 0.463 e. The Labute approximate surface area is 154 Å². The van der Waals surface area contributed by atoms with E-state index in [0.29, 0.717) is 0 Å². The average Bonchev–Trinajstić information content (AvgIpc) is 2.50. The number of hydrogen-bond acceptors (Lipinski definition) is 11. The SMILES string of the molecule is CC(=O)OC[C@H]1O[C@H](N=C=S)[C@H](OC(C)=O)[C@@H](OC(C)=O)[C@H]1OC(C)=O. The first-order valence-electron chi connectivity index (χ1n) is 7.53. The molecule has 0 aliphatic carbocycles. The van der Waals surface area contributed by atoms with E-state index in [2.05, 4.69) is 22.4 Å². The lowest BCUT2D eigenvalue weighted by atomic mass is 9.97. The molecule has 0 saturated carbocycles. The maximum atomic E-state index is 11.5. The number of ether oxygens (including phenoxy) is 5. The minimum absolute atomic E-state index is 0.318. The molecule has 0 radical (unpaired) electrons. The molecule has 5 atom stereocenters. The number of carbonyl (C=O) groups is 4. The monoisotopic (exact) mass is 389 g/mol. The second-order valence-electron chi connectivity index (χ2n) is 5.31. The van der Waals surface area contributed by atoms with E-state index < -0.39 is 54.5 Å². The van der Waals surface area contributed by atoms with Gasteiger partial charge in [-0.05, 0) is 12.2 Å². The van der Waals surface area contributed by atoms with Crippen molar-refractivity contribution in [2.45, 2.75) is 58.3 Å². The summed E-state index contributed by atoms with van der Waals surface area (Å²) < 4.78 is 26.0. The van der Waals surface area contributed by atoms with E-state index >= 15 is 0 Å². The fourth-order valence-corrected chi connectivity index (χ4v) is 2.47. The molecule has 10 nitrogen and oxygen atoms in total. The smallest absolute Gasteiger partial charge is 0.303 e. The minimum Gasteiger partial charge on any atom is -0.463 e. The molecule has 0 aromatic carbocycles. The van der Waals surface area contributed by atoms with Crippen LogP contribution in [0.3, 0.4) is 0 Å². The first-order chi connectivity index (χ1) is 12.1. The molecule has 11 heteroatoms. The standard InChI is InChI=1S/C15H19NO9S/c1-7(17)21-5-11-12(22-8(2)18)13(23-9(3)19)14(24-10(4)20)15(25-11)16-6-26/h11-15H,5H2,1-4H3/t11-,12+,13+,14-,15+/m1/s1. The molecule has 1 heterocycles. The molecule has 0 aromatic heterocycles. The molecule has 0 N–H and O–H groups in total. The van der Waals surface area contributed by atoms with Gasteiger partial charge in [-0.3, -0.25) is 19.2 Å². The second-order valence-corrected chi connectivity index (χ2v) is 5.49. The maximum Gasteiger partial charge on any atom is 0.303 e. The van der Waals surface area contributed by atoms with Gasteiger partial charge in [-0.15, -0.1) is 0 Å². The van der Waals surface area contributed by atoms with Gasteiger partial charge >= 0.3 is 23.9 Å². The lowest BCUT2D eigenvalue weighted by Crippen LogP contribution is -2.61. The molecule has 0 aromatic rings. The highest BCUT2D eigenvalue weighted by Crippen LogP contribution is 2.29. The van der Waals surface area contributed by atoms with Crippen LogP contribution in [0.25, 0.3) is 0 Å². The van der Waals surface area contributed by atoms with Crippen molar-refractivity contribution >= 4 is 41.3 Å². The summed E-state index contributed by atoms with van der Waals surface area (Å²) in [5.41, 5.74) is 0. The Hall–Kier alpha value is -2.36. The number of rotatable bonds is 6. The van der Waals surface area contributed by atoms with Crippen molar-refractivity contribution in [3.8, 4) is 0 Å². The second kappa shape index (κ2) is 9.95. The number of aliphatic imine (C=N–C) groups is 1. The van der Waals surface area contributed by atoms with E-state index in [1.807, 2.05) is 0 Å². The van der Waals surface area contributed by atoms with Crippen molar-refractivity contribution in [3.05, 3.63) is 0 Å². The predicted octanol–water partition coefficient (Wildman–Crippen LogP) is 0.172. The van der Waals surface area contributed by atoms with Crippen LogP contribution in [0.15, 0.2) is 4.99 Å². The van der Waals surface area contributed by atoms with Gasteiger partial charge in [0.1, 0.15) is 12.7 Å². The summed E-state index contributed by atoms with van der Waals surface area (Å²) in [6.45, 7) is 4.26. The van der Waals surface area contributed by atoms with Gasteiger partial charge < -0.3 is 23.7 Å². The molecular formula is C15H19NO9S. The highest BCUT2D eigenvalue weighted by atomic mass is 32.1. The van der Waals surface area contributed by atoms with Crippen molar-refractivity contribution in [1.29, 1.82) is 0 Å². The number of nitrogens with zero attached hydrogens (tertiary/aromatic N) is 1. The zero-order valence-electron chi connectivity index (χ0n) is 14.6. The summed E-state index contributed by atoms with van der Waals surface area (Å²) in [6.07, 6.45) is -5.96. The van der Waals surface area contributed by atoms with E-state index in [4.69, 9.17) is 23.7 Å². The van der Waals surface area contributed by atoms with Crippen molar-refractivity contribution in [3.63, 3.8) is 0 Å². The van der Waals surface area contributed by atoms with Gasteiger partial charge in [-0.2, -0.15) is 4.99 Å². The summed E-state index contributed by atoms with van der Waals surface area (Å²) in [6, 6.07) is 0. The number of isothiocyanates is 1. The van der Waals surface area contributed by atoms with Crippen LogP contribution in [-0.2, 0) is 42.9 Å². The van der Waals surface area contributed by atoms with Crippen LogP contribution in [0.5, 0.6) is 0 Å². The van der Waals surface area contributed by atoms with Crippen molar-refractivity contribution in [2.24, 2.45) is 4.99 Å². The van der Waals surface area contributed by atoms with Crippen molar-refractivity contribution < 1.29 is 42.9 Å². The van der Waals surface area contributed by atoms with Gasteiger partial charge in [-0.1, -0.05) is 0 Å². The zero-order valence-corrected chi connectivity index (χ0v) is 15.4. The molecule has 0 spiro atoms. The van der Waals surface area contributed by atoms with Crippen LogP contribution in [0, 0.1) is 0 Å². The molecule has 0 amide bonds. The Morgan fingerprint density at radius 2 is 1.38 bits per heavy atom. The highest BCUT2D eigenvalue weighted by molar-refractivity contribution is 7.78. The van der Waals surface area contributed by atoms with Crippen LogP contribution in [-0.4, -0.2) is 66.3 Å². The first-order valence-corrected chi connectivity index (χ1v) is 7.94. The molecule has 0 bridgehead atoms. The molecule has 0 unspecified atom stereocenters. The van der Waals surface area contributed by atoms with E-state index in [0.717, 1.165) is 20.8 Å². The Morgan fingerprint density at radius 1 is 0.885 bits per heavy atom. The first kappa shape index (κ1) is 21.7. The number of esters is 4. The van der Waals surface area contributed by atoms with Crippen LogP contribution < -0.4 is 0 Å². The van der Waals surface area contributed by atoms with Crippen LogP contribution in [0.2, 0.25) is 0 Å². The molecule has 1 rings (SSSR count). The highest BCUT2D eigenvalue weighted by Gasteiger charge is 2.52. The summed E-state index contributed by atoms with van der Waals surface area (Å²) >= 11 is 4.55. The van der Waals surface area contributed by atoms with Gasteiger partial charge in [0.2, 0.25) is 0 Å². The van der Waals surface area contributed by atoms with Gasteiger partial charge in [0.15, 0.2) is 24.5 Å². The van der Waals surface area contributed by atoms with Gasteiger partial charge in [0, 0.05) is 27.7 Å². The number of carbonyl (C=O) groups excluding carboxylic acids is 4. The van der Waals surface area contributed by atoms with Gasteiger partial charge in [0.05, 0.1) is 5.16 Å². The van der Waals surface area contributed by atoms with Crippen molar-refractivity contribution in [1.82, 2.24) is 0 Å². The molecule has 1 aliphatic rings. The lowest BCUT2D eigenvalue weighted by molar-refractivity contribution is -0.250. The summed E-state index contributed by atoms with van der Waals surface area (Å²) in [5.74, 6) is -2.74. The molecule has 1 aliphatic heterocycles. The molecule has 26 heavy (non-hydrogen) atoms. The van der Waals surface area contributed by atoms with E-state index in [-0.39, 0.29) is 6.61 Å². The fraction of sp³-hybridized carbons (Fsp3) is 0.667. The van der Waals surface area contributed by atoms with E-state index in [1.54, 1.807) is 0 Å². The molecule has 1 fully saturated rings. The number of hydrogen-bond donors (Lipinski definition) is 0. The summed E-state index contributed by atoms with van der Waals surface area (Å²) in [4.78, 5) is 49.3. The minimum atomic E-state index is -1.26. The van der Waals surface area contributed by atoms with Gasteiger partial charge in [-0.25, -0.2) is 0 Å². The van der Waals surface area contributed by atoms with Crippen LogP contribution >= 0.6 is 12.2 Å². The normalized spacial score (nSPS) is 27.5. The maximum absolute atomic E-state index is 11.5. The Morgan fingerprint density at radius 3 is 1.85 bits per heavy atom. The molecule has 144 valence electrons. The predicted molar refractivity (Wildman–Crippen MR) is 87.0 cm³/mol. The third kappa shape index (κ3) is 6.51. The van der Waals surface area contributed by atoms with Crippen LogP contribution in [0.1, 0.15) is 27.7 Å². The lowest BCUT2D eigenvalue weighted by Gasteiger charge is -2.42. The van der Waals surface area contributed by atoms with Gasteiger partial charge in [0.25, 0.3) is 0 Å². The van der Waals surface area contributed by atoms with E-state index in [9.17, 15) is 19.2 Å². The zero-order chi connectivity index (χ0) is 19.9.